The average Bonchev–Trinajstić information content (AvgIpc) is 2.90. The number of aromatic nitrogens is 1. The zero-order chi connectivity index (χ0) is 13.2. The molecule has 1 atom stereocenters. The highest BCUT2D eigenvalue weighted by Gasteiger charge is 2.28. The fraction of sp³-hybridized carbons (Fsp3) is 0.667. The fourth-order valence-electron chi connectivity index (χ4n) is 2.88. The van der Waals surface area contributed by atoms with Gasteiger partial charge in [-0.3, -0.25) is 9.88 Å². The van der Waals surface area contributed by atoms with Crippen molar-refractivity contribution in [1.82, 2.24) is 9.88 Å². The van der Waals surface area contributed by atoms with Crippen LogP contribution in [0.1, 0.15) is 36.2 Å². The second-order valence-corrected chi connectivity index (χ2v) is 5.54. The van der Waals surface area contributed by atoms with Crippen molar-refractivity contribution in [3.63, 3.8) is 0 Å². The molecule has 3 heterocycles. The van der Waals surface area contributed by atoms with Gasteiger partial charge in [0.25, 0.3) is 0 Å². The molecule has 0 unspecified atom stereocenters. The first-order chi connectivity index (χ1) is 9.26. The maximum absolute atomic E-state index is 12.9. The molecule has 1 aromatic heterocycles. The SMILES string of the molecule is CCc1ccc([C@@H]2CCOC2)c(CN2CC(F)C2)n1. The van der Waals surface area contributed by atoms with E-state index in [9.17, 15) is 4.39 Å². The number of pyridine rings is 1. The predicted octanol–water partition coefficient (Wildman–Crippen LogP) is 2.30. The van der Waals surface area contributed by atoms with Crippen LogP contribution in [0.5, 0.6) is 0 Å². The van der Waals surface area contributed by atoms with Gasteiger partial charge in [-0.2, -0.15) is 0 Å². The highest BCUT2D eigenvalue weighted by molar-refractivity contribution is 5.28. The molecule has 2 fully saturated rings. The molecule has 3 nitrogen and oxygen atoms in total. The van der Waals surface area contributed by atoms with E-state index >= 15 is 0 Å². The summed E-state index contributed by atoms with van der Waals surface area (Å²) in [4.78, 5) is 6.89. The summed E-state index contributed by atoms with van der Waals surface area (Å²) in [7, 11) is 0. The maximum Gasteiger partial charge on any atom is 0.125 e. The summed E-state index contributed by atoms with van der Waals surface area (Å²) in [5.74, 6) is 0.468. The van der Waals surface area contributed by atoms with Crippen LogP contribution in [0, 0.1) is 0 Å². The van der Waals surface area contributed by atoms with E-state index in [2.05, 4.69) is 24.0 Å². The summed E-state index contributed by atoms with van der Waals surface area (Å²) in [5, 5.41) is 0. The molecular weight excluding hydrogens is 243 g/mol. The van der Waals surface area contributed by atoms with E-state index in [4.69, 9.17) is 9.72 Å². The molecule has 0 spiro atoms. The normalized spacial score (nSPS) is 24.6. The zero-order valence-electron chi connectivity index (χ0n) is 11.4. The molecule has 104 valence electrons. The van der Waals surface area contributed by atoms with Crippen molar-refractivity contribution < 1.29 is 9.13 Å². The number of alkyl halides is 1. The number of aryl methyl sites for hydroxylation is 1. The Morgan fingerprint density at radius 3 is 2.89 bits per heavy atom. The van der Waals surface area contributed by atoms with E-state index in [1.807, 2.05) is 0 Å². The molecule has 4 heteroatoms. The summed E-state index contributed by atoms with van der Waals surface area (Å²) in [6, 6.07) is 4.32. The molecule has 0 amide bonds. The van der Waals surface area contributed by atoms with Crippen LogP contribution in [0.25, 0.3) is 0 Å². The molecule has 0 radical (unpaired) electrons. The molecule has 2 saturated heterocycles. The van der Waals surface area contributed by atoms with Gasteiger partial charge in [0.1, 0.15) is 6.17 Å². The van der Waals surface area contributed by atoms with Crippen molar-refractivity contribution >= 4 is 0 Å². The number of ether oxygens (including phenoxy) is 1. The van der Waals surface area contributed by atoms with Crippen molar-refractivity contribution in [3.05, 3.63) is 29.1 Å². The highest BCUT2D eigenvalue weighted by Crippen LogP contribution is 2.29. The Bertz CT molecular complexity index is 440. The summed E-state index contributed by atoms with van der Waals surface area (Å²) in [6.07, 6.45) is 1.37. The van der Waals surface area contributed by atoms with E-state index in [0.717, 1.165) is 44.0 Å². The van der Waals surface area contributed by atoms with E-state index in [1.165, 1.54) is 5.56 Å². The summed E-state index contributed by atoms with van der Waals surface area (Å²) >= 11 is 0. The summed E-state index contributed by atoms with van der Waals surface area (Å²) in [6.45, 7) is 5.64. The molecule has 0 bridgehead atoms. The Hall–Kier alpha value is -1.00. The fourth-order valence-corrected chi connectivity index (χ4v) is 2.88. The van der Waals surface area contributed by atoms with Crippen molar-refractivity contribution in [2.24, 2.45) is 0 Å². The standard InChI is InChI=1S/C15H21FN2O/c1-2-13-3-4-14(11-5-6-19-10-11)15(17-13)9-18-7-12(16)8-18/h3-4,11-12H,2,5-10H2,1H3/t11-/m1/s1. The van der Waals surface area contributed by atoms with Gasteiger partial charge in [-0.15, -0.1) is 0 Å². The first kappa shape index (κ1) is 13.0. The zero-order valence-corrected chi connectivity index (χ0v) is 11.4. The van der Waals surface area contributed by atoms with Crippen LogP contribution < -0.4 is 0 Å². The first-order valence-corrected chi connectivity index (χ1v) is 7.19. The van der Waals surface area contributed by atoms with E-state index in [1.54, 1.807) is 0 Å². The Labute approximate surface area is 113 Å². The van der Waals surface area contributed by atoms with Crippen LogP contribution in [0.3, 0.4) is 0 Å². The molecule has 1 aromatic rings. The van der Waals surface area contributed by atoms with Crippen molar-refractivity contribution in [2.45, 2.75) is 38.4 Å². The van der Waals surface area contributed by atoms with Gasteiger partial charge in [0.2, 0.25) is 0 Å². The van der Waals surface area contributed by atoms with Gasteiger partial charge in [-0.25, -0.2) is 4.39 Å². The molecule has 0 saturated carbocycles. The number of hydrogen-bond donors (Lipinski definition) is 0. The van der Waals surface area contributed by atoms with E-state index < -0.39 is 6.17 Å². The van der Waals surface area contributed by atoms with Crippen LogP contribution in [0.2, 0.25) is 0 Å². The Morgan fingerprint density at radius 2 is 2.26 bits per heavy atom. The lowest BCUT2D eigenvalue weighted by Crippen LogP contribution is -2.47. The van der Waals surface area contributed by atoms with E-state index in [-0.39, 0.29) is 0 Å². The Kier molecular flexibility index (Phi) is 3.80. The third kappa shape index (κ3) is 2.79. The van der Waals surface area contributed by atoms with Gasteiger partial charge in [-0.05, 0) is 24.5 Å². The lowest BCUT2D eigenvalue weighted by molar-refractivity contribution is 0.0576. The third-order valence-electron chi connectivity index (χ3n) is 4.08. The van der Waals surface area contributed by atoms with Crippen molar-refractivity contribution in [3.8, 4) is 0 Å². The topological polar surface area (TPSA) is 25.4 Å². The monoisotopic (exact) mass is 264 g/mol. The largest absolute Gasteiger partial charge is 0.381 e. The van der Waals surface area contributed by atoms with Gasteiger partial charge in [0, 0.05) is 37.9 Å². The summed E-state index contributed by atoms with van der Waals surface area (Å²) < 4.78 is 18.4. The number of likely N-dealkylation sites (tertiary alicyclic amines) is 1. The molecule has 0 N–H and O–H groups in total. The minimum absolute atomic E-state index is 0.468. The molecule has 19 heavy (non-hydrogen) atoms. The van der Waals surface area contributed by atoms with Gasteiger partial charge < -0.3 is 4.74 Å². The molecule has 0 aliphatic carbocycles. The third-order valence-corrected chi connectivity index (χ3v) is 4.08. The lowest BCUT2D eigenvalue weighted by Gasteiger charge is -2.34. The minimum Gasteiger partial charge on any atom is -0.381 e. The predicted molar refractivity (Wildman–Crippen MR) is 72.0 cm³/mol. The Balaban J connectivity index is 1.80. The van der Waals surface area contributed by atoms with Gasteiger partial charge in [0.15, 0.2) is 0 Å². The molecule has 2 aliphatic heterocycles. The lowest BCUT2D eigenvalue weighted by atomic mass is 9.95. The highest BCUT2D eigenvalue weighted by atomic mass is 19.1. The van der Waals surface area contributed by atoms with Crippen molar-refractivity contribution in [1.29, 1.82) is 0 Å². The molecular formula is C15H21FN2O. The van der Waals surface area contributed by atoms with Gasteiger partial charge in [0.05, 0.1) is 12.3 Å². The van der Waals surface area contributed by atoms with Gasteiger partial charge >= 0.3 is 0 Å². The number of nitrogens with zero attached hydrogens (tertiary/aromatic N) is 2. The summed E-state index contributed by atoms with van der Waals surface area (Å²) in [5.41, 5.74) is 3.55. The van der Waals surface area contributed by atoms with Gasteiger partial charge in [-0.1, -0.05) is 13.0 Å². The average molecular weight is 264 g/mol. The second-order valence-electron chi connectivity index (χ2n) is 5.54. The number of halogens is 1. The second kappa shape index (κ2) is 5.55. The van der Waals surface area contributed by atoms with Crippen molar-refractivity contribution in [2.75, 3.05) is 26.3 Å². The van der Waals surface area contributed by atoms with Crippen LogP contribution in [0.15, 0.2) is 12.1 Å². The first-order valence-electron chi connectivity index (χ1n) is 7.19. The van der Waals surface area contributed by atoms with Crippen LogP contribution in [-0.2, 0) is 17.7 Å². The quantitative estimate of drug-likeness (QED) is 0.834. The van der Waals surface area contributed by atoms with Crippen LogP contribution >= 0.6 is 0 Å². The smallest absolute Gasteiger partial charge is 0.125 e. The van der Waals surface area contributed by atoms with Crippen LogP contribution in [0.4, 0.5) is 4.39 Å². The minimum atomic E-state index is -0.646. The van der Waals surface area contributed by atoms with Crippen LogP contribution in [-0.4, -0.2) is 42.4 Å². The maximum atomic E-state index is 12.9. The molecule has 2 aliphatic rings. The molecule has 0 aromatic carbocycles. The molecule has 3 rings (SSSR count). The Morgan fingerprint density at radius 1 is 1.42 bits per heavy atom. The number of rotatable bonds is 4. The van der Waals surface area contributed by atoms with E-state index in [0.29, 0.717) is 19.0 Å². The number of hydrogen-bond acceptors (Lipinski definition) is 3.